The van der Waals surface area contributed by atoms with E-state index < -0.39 is 0 Å². The van der Waals surface area contributed by atoms with Crippen molar-refractivity contribution in [1.29, 1.82) is 0 Å². The summed E-state index contributed by atoms with van der Waals surface area (Å²) in [5.41, 5.74) is 12.0. The molecule has 11 aromatic rings. The van der Waals surface area contributed by atoms with Crippen LogP contribution in [0.5, 0.6) is 0 Å². The van der Waals surface area contributed by atoms with Crippen molar-refractivity contribution >= 4 is 60.4 Å². The summed E-state index contributed by atoms with van der Waals surface area (Å²) >= 11 is 0. The molecule has 3 heterocycles. The Morgan fingerprint density at radius 3 is 1.67 bits per heavy atom. The third-order valence-electron chi connectivity index (χ3n) is 11.5. The lowest BCUT2D eigenvalue weighted by molar-refractivity contribution is 1.08. The van der Waals surface area contributed by atoms with E-state index in [-0.39, 0.29) is 0 Å². The molecule has 0 spiro atoms. The van der Waals surface area contributed by atoms with E-state index >= 15 is 0 Å². The molecule has 0 unspecified atom stereocenters. The second-order valence-electron chi connectivity index (χ2n) is 14.8. The van der Waals surface area contributed by atoms with Crippen LogP contribution in [0.4, 0.5) is 17.1 Å². The molecule has 1 aliphatic rings. The highest BCUT2D eigenvalue weighted by Crippen LogP contribution is 2.54. The highest BCUT2D eigenvalue weighted by atomic mass is 15.2. The van der Waals surface area contributed by atoms with E-state index in [0.717, 1.165) is 50.2 Å². The van der Waals surface area contributed by atoms with Crippen LogP contribution in [-0.4, -0.2) is 19.5 Å². The Morgan fingerprint density at radius 1 is 0.345 bits per heavy atom. The second kappa shape index (κ2) is 12.8. The Hall–Kier alpha value is -7.89. The summed E-state index contributed by atoms with van der Waals surface area (Å²) < 4.78 is 2.47. The standard InChI is InChI=1S/C53H33N5/c1-4-16-34(17-5-1)51-54-52(35-18-6-2-7-19-35)56-53(55-51)41-30-31-47-49-40(41)25-14-26-42(49)50-45(57(47)38-22-8-3-9-23-38)28-15-29-46(50)58-44-27-13-12-24-39(44)43-32-36-20-10-11-21-37(36)33-48(43)58/h1-33H. The fourth-order valence-corrected chi connectivity index (χ4v) is 8.98. The van der Waals surface area contributed by atoms with Gasteiger partial charge in [0.25, 0.3) is 0 Å². The zero-order valence-electron chi connectivity index (χ0n) is 31.3. The van der Waals surface area contributed by atoms with Crippen molar-refractivity contribution in [2.24, 2.45) is 0 Å². The third-order valence-corrected chi connectivity index (χ3v) is 11.5. The van der Waals surface area contributed by atoms with Gasteiger partial charge in [0.2, 0.25) is 0 Å². The van der Waals surface area contributed by atoms with Gasteiger partial charge in [-0.1, -0.05) is 146 Å². The lowest BCUT2D eigenvalue weighted by Crippen LogP contribution is -2.16. The summed E-state index contributed by atoms with van der Waals surface area (Å²) in [5, 5.41) is 7.15. The van der Waals surface area contributed by atoms with E-state index in [4.69, 9.17) is 15.0 Å². The van der Waals surface area contributed by atoms with Crippen molar-refractivity contribution in [2.45, 2.75) is 0 Å². The summed E-state index contributed by atoms with van der Waals surface area (Å²) in [6.07, 6.45) is 0. The molecular formula is C53H33N5. The fraction of sp³-hybridized carbons (Fsp3) is 0. The van der Waals surface area contributed by atoms with Gasteiger partial charge < -0.3 is 9.47 Å². The number of hydrogen-bond acceptors (Lipinski definition) is 4. The van der Waals surface area contributed by atoms with Gasteiger partial charge in [0.05, 0.1) is 28.1 Å². The van der Waals surface area contributed by atoms with Gasteiger partial charge in [-0.15, -0.1) is 0 Å². The third kappa shape index (κ3) is 4.93. The van der Waals surface area contributed by atoms with Crippen LogP contribution in [0, 0.1) is 0 Å². The topological polar surface area (TPSA) is 46.8 Å². The SMILES string of the molecule is c1ccc(-c2nc(-c3ccccc3)nc(-c3ccc4c5c(cccc35)-c3c(cccc3-n3c5ccccc5c5cc6ccccc6cc53)N4c3ccccc3)n2)cc1. The molecule has 0 fully saturated rings. The molecule has 0 amide bonds. The van der Waals surface area contributed by atoms with E-state index in [0.29, 0.717) is 17.5 Å². The predicted molar refractivity (Wildman–Crippen MR) is 239 cm³/mol. The molecule has 0 saturated heterocycles. The zero-order valence-corrected chi connectivity index (χ0v) is 31.3. The van der Waals surface area contributed by atoms with E-state index in [1.807, 2.05) is 36.4 Å². The number of para-hydroxylation sites is 2. The first kappa shape index (κ1) is 32.4. The molecule has 9 aromatic carbocycles. The van der Waals surface area contributed by atoms with Crippen molar-refractivity contribution in [1.82, 2.24) is 19.5 Å². The molecule has 12 rings (SSSR count). The van der Waals surface area contributed by atoms with Crippen molar-refractivity contribution in [3.63, 3.8) is 0 Å². The number of aromatic nitrogens is 4. The van der Waals surface area contributed by atoms with Gasteiger partial charge in [-0.25, -0.2) is 15.0 Å². The maximum Gasteiger partial charge on any atom is 0.164 e. The van der Waals surface area contributed by atoms with Crippen LogP contribution >= 0.6 is 0 Å². The molecule has 5 heteroatoms. The molecular weight excluding hydrogens is 707 g/mol. The van der Waals surface area contributed by atoms with E-state index in [2.05, 4.69) is 173 Å². The van der Waals surface area contributed by atoms with Gasteiger partial charge in [0.1, 0.15) is 0 Å². The Kier molecular flexibility index (Phi) is 7.16. The van der Waals surface area contributed by atoms with Crippen molar-refractivity contribution in [3.8, 4) is 51.0 Å². The lowest BCUT2D eigenvalue weighted by Gasteiger charge is -2.35. The summed E-state index contributed by atoms with van der Waals surface area (Å²) in [5.74, 6) is 1.92. The molecule has 0 radical (unpaired) electrons. The summed E-state index contributed by atoms with van der Waals surface area (Å²) in [7, 11) is 0. The van der Waals surface area contributed by atoms with Gasteiger partial charge in [-0.3, -0.25) is 0 Å². The molecule has 5 nitrogen and oxygen atoms in total. The van der Waals surface area contributed by atoms with Crippen molar-refractivity contribution in [2.75, 3.05) is 4.90 Å². The number of rotatable bonds is 5. The lowest BCUT2D eigenvalue weighted by atomic mass is 9.87. The predicted octanol–water partition coefficient (Wildman–Crippen LogP) is 13.7. The normalized spacial score (nSPS) is 12.1. The number of nitrogens with zero attached hydrogens (tertiary/aromatic N) is 5. The Labute approximate surface area is 334 Å². The molecule has 2 aromatic heterocycles. The quantitative estimate of drug-likeness (QED) is 0.176. The van der Waals surface area contributed by atoms with E-state index in [1.165, 1.54) is 43.7 Å². The molecule has 0 saturated carbocycles. The van der Waals surface area contributed by atoms with Gasteiger partial charge >= 0.3 is 0 Å². The minimum Gasteiger partial charge on any atom is -0.309 e. The minimum absolute atomic E-state index is 0.635. The first-order valence-corrected chi connectivity index (χ1v) is 19.6. The maximum absolute atomic E-state index is 5.19. The van der Waals surface area contributed by atoms with E-state index in [1.54, 1.807) is 0 Å². The van der Waals surface area contributed by atoms with Gasteiger partial charge in [0.15, 0.2) is 17.5 Å². The van der Waals surface area contributed by atoms with Crippen LogP contribution in [0.25, 0.3) is 94.3 Å². The first-order valence-electron chi connectivity index (χ1n) is 19.6. The van der Waals surface area contributed by atoms with Gasteiger partial charge in [0, 0.05) is 44.1 Å². The smallest absolute Gasteiger partial charge is 0.164 e. The van der Waals surface area contributed by atoms with Crippen LogP contribution in [0.15, 0.2) is 200 Å². The summed E-state index contributed by atoms with van der Waals surface area (Å²) in [6, 6.07) is 71.0. The van der Waals surface area contributed by atoms with Crippen LogP contribution in [0.1, 0.15) is 0 Å². The van der Waals surface area contributed by atoms with Crippen molar-refractivity contribution in [3.05, 3.63) is 200 Å². The average Bonchev–Trinajstić information content (AvgIpc) is 3.61. The van der Waals surface area contributed by atoms with E-state index in [9.17, 15) is 0 Å². The monoisotopic (exact) mass is 739 g/mol. The Bertz CT molecular complexity index is 3330. The highest BCUT2D eigenvalue weighted by Gasteiger charge is 2.30. The van der Waals surface area contributed by atoms with Crippen LogP contribution in [-0.2, 0) is 0 Å². The fourth-order valence-electron chi connectivity index (χ4n) is 8.98. The Balaban J connectivity index is 1.17. The molecule has 0 bridgehead atoms. The average molecular weight is 740 g/mol. The number of fused-ring (bicyclic) bond motifs is 6. The molecule has 0 atom stereocenters. The minimum atomic E-state index is 0.635. The second-order valence-corrected chi connectivity index (χ2v) is 14.8. The summed E-state index contributed by atoms with van der Waals surface area (Å²) in [6.45, 7) is 0. The number of anilines is 3. The molecule has 270 valence electrons. The maximum atomic E-state index is 5.19. The number of benzene rings is 9. The number of hydrogen-bond donors (Lipinski definition) is 0. The first-order chi connectivity index (χ1) is 28.8. The largest absolute Gasteiger partial charge is 0.309 e. The zero-order chi connectivity index (χ0) is 38.2. The Morgan fingerprint density at radius 2 is 0.931 bits per heavy atom. The van der Waals surface area contributed by atoms with Crippen LogP contribution in [0.2, 0.25) is 0 Å². The van der Waals surface area contributed by atoms with Gasteiger partial charge in [-0.05, 0) is 76.3 Å². The molecule has 1 aliphatic heterocycles. The highest BCUT2D eigenvalue weighted by molar-refractivity contribution is 6.20. The van der Waals surface area contributed by atoms with Crippen LogP contribution in [0.3, 0.4) is 0 Å². The molecule has 0 aliphatic carbocycles. The molecule has 0 N–H and O–H groups in total. The molecule has 58 heavy (non-hydrogen) atoms. The van der Waals surface area contributed by atoms with Gasteiger partial charge in [-0.2, -0.15) is 0 Å². The van der Waals surface area contributed by atoms with Crippen molar-refractivity contribution < 1.29 is 0 Å². The van der Waals surface area contributed by atoms with Crippen LogP contribution < -0.4 is 4.90 Å². The summed E-state index contributed by atoms with van der Waals surface area (Å²) in [4.78, 5) is 17.8.